The predicted molar refractivity (Wildman–Crippen MR) is 51.6 cm³/mol. The highest BCUT2D eigenvalue weighted by Crippen LogP contribution is 2.34. The summed E-state index contributed by atoms with van der Waals surface area (Å²) in [5.41, 5.74) is 10.8. The van der Waals surface area contributed by atoms with E-state index in [0.29, 0.717) is 0 Å². The average Bonchev–Trinajstić information content (AvgIpc) is 2.11. The zero-order valence-electron chi connectivity index (χ0n) is 8.06. The van der Waals surface area contributed by atoms with Crippen molar-refractivity contribution in [1.29, 1.82) is 0 Å². The largest absolute Gasteiger partial charge is 0.496 e. The summed E-state index contributed by atoms with van der Waals surface area (Å²) in [4.78, 5) is 0. The second-order valence-corrected chi connectivity index (χ2v) is 3.04. The maximum absolute atomic E-state index is 12.2. The fourth-order valence-electron chi connectivity index (χ4n) is 1.24. The Balaban J connectivity index is 3.18. The number of nitrogens with two attached hydrogens (primary N) is 2. The van der Waals surface area contributed by atoms with Gasteiger partial charge in [-0.2, -0.15) is 13.2 Å². The van der Waals surface area contributed by atoms with Crippen LogP contribution in [-0.4, -0.2) is 13.3 Å². The second-order valence-electron chi connectivity index (χ2n) is 3.04. The van der Waals surface area contributed by atoms with Crippen LogP contribution in [0.5, 0.6) is 5.75 Å². The lowest BCUT2D eigenvalue weighted by atomic mass is 10.1. The first-order valence-electron chi connectivity index (χ1n) is 4.12. The average molecular weight is 220 g/mol. The molecule has 15 heavy (non-hydrogen) atoms. The lowest BCUT2D eigenvalue weighted by Gasteiger charge is -2.14. The SMILES string of the molecule is COc1ccc(N)c(N)c1CC(F)(F)F. The number of methoxy groups -OCH3 is 1. The van der Waals surface area contributed by atoms with E-state index in [9.17, 15) is 13.2 Å². The molecule has 0 saturated carbocycles. The van der Waals surface area contributed by atoms with E-state index < -0.39 is 12.6 Å². The van der Waals surface area contributed by atoms with Gasteiger partial charge in [-0.3, -0.25) is 0 Å². The standard InChI is InChI=1S/C9H11F3N2O/c1-15-7-3-2-6(13)8(14)5(7)4-9(10,11)12/h2-3H,4,13-14H2,1H3. The molecule has 3 nitrogen and oxygen atoms in total. The molecule has 0 unspecified atom stereocenters. The van der Waals surface area contributed by atoms with E-state index in [4.69, 9.17) is 16.2 Å². The summed E-state index contributed by atoms with van der Waals surface area (Å²) >= 11 is 0. The molecule has 0 aromatic heterocycles. The summed E-state index contributed by atoms with van der Waals surface area (Å²) < 4.78 is 41.4. The van der Waals surface area contributed by atoms with Crippen molar-refractivity contribution in [1.82, 2.24) is 0 Å². The van der Waals surface area contributed by atoms with Gasteiger partial charge in [-0.25, -0.2) is 0 Å². The first kappa shape index (κ1) is 11.5. The summed E-state index contributed by atoms with van der Waals surface area (Å²) in [7, 11) is 1.28. The molecule has 0 atom stereocenters. The highest BCUT2D eigenvalue weighted by molar-refractivity contribution is 5.71. The van der Waals surface area contributed by atoms with Gasteiger partial charge in [0.05, 0.1) is 24.9 Å². The van der Waals surface area contributed by atoms with Crippen LogP contribution < -0.4 is 16.2 Å². The van der Waals surface area contributed by atoms with Crippen LogP contribution in [0.3, 0.4) is 0 Å². The summed E-state index contributed by atoms with van der Waals surface area (Å²) in [6.45, 7) is 0. The Morgan fingerprint density at radius 3 is 2.33 bits per heavy atom. The van der Waals surface area contributed by atoms with Gasteiger partial charge >= 0.3 is 6.18 Å². The molecular formula is C9H11F3N2O. The summed E-state index contributed by atoms with van der Waals surface area (Å²) in [5.74, 6) is 0.0963. The topological polar surface area (TPSA) is 61.3 Å². The number of hydrogen-bond donors (Lipinski definition) is 2. The molecule has 0 radical (unpaired) electrons. The fourth-order valence-corrected chi connectivity index (χ4v) is 1.24. The second kappa shape index (κ2) is 3.88. The predicted octanol–water partition coefficient (Wildman–Crippen LogP) is 1.96. The van der Waals surface area contributed by atoms with Crippen molar-refractivity contribution < 1.29 is 17.9 Å². The van der Waals surface area contributed by atoms with E-state index in [-0.39, 0.29) is 22.7 Å². The molecule has 1 aromatic carbocycles. The lowest BCUT2D eigenvalue weighted by Crippen LogP contribution is -2.14. The Kier molecular flexibility index (Phi) is 2.97. The van der Waals surface area contributed by atoms with Gasteiger partial charge in [-0.15, -0.1) is 0 Å². The molecule has 0 aliphatic heterocycles. The summed E-state index contributed by atoms with van der Waals surface area (Å²) in [6, 6.07) is 2.78. The molecule has 0 aliphatic carbocycles. The summed E-state index contributed by atoms with van der Waals surface area (Å²) in [6.07, 6.45) is -5.48. The fraction of sp³-hybridized carbons (Fsp3) is 0.333. The van der Waals surface area contributed by atoms with Crippen molar-refractivity contribution in [2.24, 2.45) is 0 Å². The molecule has 6 heteroatoms. The molecule has 4 N–H and O–H groups in total. The van der Waals surface area contributed by atoms with Crippen LogP contribution in [0, 0.1) is 0 Å². The Hall–Kier alpha value is -1.59. The van der Waals surface area contributed by atoms with Gasteiger partial charge in [-0.05, 0) is 12.1 Å². The Morgan fingerprint density at radius 2 is 1.87 bits per heavy atom. The molecule has 84 valence electrons. The quantitative estimate of drug-likeness (QED) is 0.749. The van der Waals surface area contributed by atoms with Crippen LogP contribution >= 0.6 is 0 Å². The number of anilines is 2. The van der Waals surface area contributed by atoms with Crippen LogP contribution in [-0.2, 0) is 6.42 Å². The number of benzene rings is 1. The Bertz CT molecular complexity index is 363. The molecule has 0 amide bonds. The molecule has 1 aromatic rings. The number of halogens is 3. The van der Waals surface area contributed by atoms with E-state index in [0.717, 1.165) is 0 Å². The molecule has 0 aliphatic rings. The van der Waals surface area contributed by atoms with Gasteiger partial charge in [0.1, 0.15) is 5.75 Å². The smallest absolute Gasteiger partial charge is 0.393 e. The Morgan fingerprint density at radius 1 is 1.27 bits per heavy atom. The monoisotopic (exact) mass is 220 g/mol. The van der Waals surface area contributed by atoms with Crippen molar-refractivity contribution in [2.45, 2.75) is 12.6 Å². The van der Waals surface area contributed by atoms with Gasteiger partial charge in [-0.1, -0.05) is 0 Å². The van der Waals surface area contributed by atoms with E-state index in [1.807, 2.05) is 0 Å². The minimum atomic E-state index is -4.34. The normalized spacial score (nSPS) is 11.5. The van der Waals surface area contributed by atoms with Crippen LogP contribution in [0.4, 0.5) is 24.5 Å². The number of ether oxygens (including phenoxy) is 1. The van der Waals surface area contributed by atoms with Crippen LogP contribution in [0.25, 0.3) is 0 Å². The number of nitrogen functional groups attached to an aromatic ring is 2. The molecular weight excluding hydrogens is 209 g/mol. The first-order valence-corrected chi connectivity index (χ1v) is 4.12. The minimum absolute atomic E-state index is 0.0772. The Labute approximate surface area is 84.8 Å². The molecule has 0 fully saturated rings. The zero-order chi connectivity index (χ0) is 11.6. The van der Waals surface area contributed by atoms with E-state index in [2.05, 4.69) is 0 Å². The zero-order valence-corrected chi connectivity index (χ0v) is 8.06. The van der Waals surface area contributed by atoms with Gasteiger partial charge in [0, 0.05) is 5.56 Å². The van der Waals surface area contributed by atoms with E-state index >= 15 is 0 Å². The van der Waals surface area contributed by atoms with Crippen molar-refractivity contribution >= 4 is 11.4 Å². The summed E-state index contributed by atoms with van der Waals surface area (Å²) in [5, 5.41) is 0. The molecule has 0 heterocycles. The van der Waals surface area contributed by atoms with Crippen LogP contribution in [0.2, 0.25) is 0 Å². The molecule has 1 rings (SSSR count). The maximum Gasteiger partial charge on any atom is 0.393 e. The highest BCUT2D eigenvalue weighted by Gasteiger charge is 2.30. The maximum atomic E-state index is 12.2. The van der Waals surface area contributed by atoms with E-state index in [1.165, 1.54) is 19.2 Å². The van der Waals surface area contributed by atoms with Gasteiger partial charge in [0.2, 0.25) is 0 Å². The van der Waals surface area contributed by atoms with Crippen molar-refractivity contribution in [3.63, 3.8) is 0 Å². The van der Waals surface area contributed by atoms with Gasteiger partial charge in [0.25, 0.3) is 0 Å². The van der Waals surface area contributed by atoms with Crippen molar-refractivity contribution in [3.8, 4) is 5.75 Å². The van der Waals surface area contributed by atoms with Crippen molar-refractivity contribution in [2.75, 3.05) is 18.6 Å². The third-order valence-corrected chi connectivity index (χ3v) is 1.94. The molecule has 0 saturated heterocycles. The van der Waals surface area contributed by atoms with Crippen LogP contribution in [0.15, 0.2) is 12.1 Å². The number of hydrogen-bond acceptors (Lipinski definition) is 3. The highest BCUT2D eigenvalue weighted by atomic mass is 19.4. The third kappa shape index (κ3) is 2.68. The van der Waals surface area contributed by atoms with E-state index in [1.54, 1.807) is 0 Å². The van der Waals surface area contributed by atoms with Gasteiger partial charge < -0.3 is 16.2 Å². The number of rotatable bonds is 2. The molecule has 0 bridgehead atoms. The molecule has 0 spiro atoms. The lowest BCUT2D eigenvalue weighted by molar-refractivity contribution is -0.127. The van der Waals surface area contributed by atoms with Crippen molar-refractivity contribution in [3.05, 3.63) is 17.7 Å². The van der Waals surface area contributed by atoms with Crippen LogP contribution in [0.1, 0.15) is 5.56 Å². The first-order chi connectivity index (χ1) is 6.85. The van der Waals surface area contributed by atoms with Gasteiger partial charge in [0.15, 0.2) is 0 Å². The number of alkyl halides is 3. The third-order valence-electron chi connectivity index (χ3n) is 1.94. The minimum Gasteiger partial charge on any atom is -0.496 e.